The number of benzene rings is 3. The fourth-order valence-corrected chi connectivity index (χ4v) is 12.6. The molecule has 0 saturated heterocycles. The minimum absolute atomic E-state index is 0.00523. The number of aromatic hydroxyl groups is 2. The minimum atomic E-state index is -1.18. The van der Waals surface area contributed by atoms with Gasteiger partial charge in [-0.3, -0.25) is 4.79 Å². The molecule has 3 aromatic carbocycles. The smallest absolute Gasteiger partial charge is 0.309 e. The Labute approximate surface area is 403 Å². The third-order valence-electron chi connectivity index (χ3n) is 16.1. The number of dihydropyridines is 1. The molecular weight excluding hydrogens is 851 g/mol. The molecule has 68 heavy (non-hydrogen) atoms. The number of aromatic nitrogens is 1. The number of carbonyl (C=O) groups is 1. The molecule has 10 atom stereocenters. The van der Waals surface area contributed by atoms with Crippen LogP contribution >= 0.6 is 0 Å². The molecule has 10 N–H and O–H groups in total. The predicted molar refractivity (Wildman–Crippen MR) is 270 cm³/mol. The molecule has 1 aliphatic heterocycles. The lowest BCUT2D eigenvalue weighted by Gasteiger charge is -2.39. The number of carboxylic acids is 1. The van der Waals surface area contributed by atoms with E-state index >= 15 is 0 Å². The van der Waals surface area contributed by atoms with Gasteiger partial charge in [0.2, 0.25) is 0 Å². The number of rotatable bonds is 17. The number of hydrogen-bond donors (Lipinski definition) is 9. The summed E-state index contributed by atoms with van der Waals surface area (Å²) < 4.78 is 0. The van der Waals surface area contributed by atoms with E-state index in [4.69, 9.17) is 5.73 Å². The van der Waals surface area contributed by atoms with Gasteiger partial charge in [0, 0.05) is 53.3 Å². The average molecular weight is 926 g/mol. The van der Waals surface area contributed by atoms with Gasteiger partial charge in [0.05, 0.1) is 35.2 Å². The fourth-order valence-electron chi connectivity index (χ4n) is 12.6. The van der Waals surface area contributed by atoms with Crippen LogP contribution in [0.1, 0.15) is 132 Å². The molecule has 10 unspecified atom stereocenters. The van der Waals surface area contributed by atoms with E-state index in [2.05, 4.69) is 53.7 Å². The monoisotopic (exact) mass is 926 g/mol. The van der Waals surface area contributed by atoms with E-state index in [1.807, 2.05) is 54.6 Å². The van der Waals surface area contributed by atoms with Crippen molar-refractivity contribution in [3.8, 4) is 33.9 Å². The standard InChI is InChI=1S/C58H75N3O7/c1-2-3-6-13-38-20-21-42(52(64)31-38)18-11-12-19-43-22-23-45(49-30-40(28-39-25-27-60-54(59)32-39)36-58(49,68)26-24-51(63)55(43)57(66)67)50-35-46(41-16-9-5-10-17-41)56(61-50)48-33-44(62)34-53(65)47(48)29-37-14-7-4-8-15-37/h4-5,7-10,14-17,20-21,25,32-35,38,40,42-43,45,49,51-52,55,60-65,68H,2-3,6,11-13,18-19,22-24,26-31,36,59H2,1H3,(H,66,67). The molecule has 2 fully saturated rings. The number of aliphatic carboxylic acids is 1. The van der Waals surface area contributed by atoms with Crippen molar-refractivity contribution in [2.75, 3.05) is 6.54 Å². The summed E-state index contributed by atoms with van der Waals surface area (Å²) in [5, 5.41) is 72.6. The van der Waals surface area contributed by atoms with Crippen LogP contribution in [0.3, 0.4) is 0 Å². The van der Waals surface area contributed by atoms with Crippen molar-refractivity contribution in [3.05, 3.63) is 131 Å². The minimum Gasteiger partial charge on any atom is -0.508 e. The van der Waals surface area contributed by atoms with Gasteiger partial charge in [-0.15, -0.1) is 0 Å². The highest BCUT2D eigenvalue weighted by molar-refractivity contribution is 5.85. The number of aliphatic hydroxyl groups excluding tert-OH is 2. The van der Waals surface area contributed by atoms with Crippen LogP contribution in [0, 0.1) is 35.5 Å². The number of nitrogens with one attached hydrogen (secondary N) is 2. The molecule has 4 aromatic rings. The lowest BCUT2D eigenvalue weighted by molar-refractivity contribution is -0.150. The fraction of sp³-hybridized carbons (Fsp3) is 0.500. The maximum absolute atomic E-state index is 13.3. The van der Waals surface area contributed by atoms with Crippen LogP contribution < -0.4 is 11.1 Å². The molecule has 4 aliphatic rings. The van der Waals surface area contributed by atoms with Crippen LogP contribution in [0.5, 0.6) is 11.5 Å². The van der Waals surface area contributed by atoms with E-state index in [-0.39, 0.29) is 60.0 Å². The third kappa shape index (κ3) is 11.8. The molecule has 2 saturated carbocycles. The zero-order valence-electron chi connectivity index (χ0n) is 39.9. The highest BCUT2D eigenvalue weighted by Gasteiger charge is 2.51. The van der Waals surface area contributed by atoms with Crippen molar-refractivity contribution in [1.82, 2.24) is 10.3 Å². The van der Waals surface area contributed by atoms with Crippen LogP contribution in [-0.4, -0.2) is 65.9 Å². The first-order valence-electron chi connectivity index (χ1n) is 25.7. The zero-order valence-corrected chi connectivity index (χ0v) is 39.9. The molecule has 3 aliphatic carbocycles. The van der Waals surface area contributed by atoms with Crippen LogP contribution in [0.4, 0.5) is 0 Å². The first-order valence-corrected chi connectivity index (χ1v) is 25.7. The van der Waals surface area contributed by atoms with Crippen LogP contribution in [0.15, 0.2) is 115 Å². The Hall–Kier alpha value is -5.29. The van der Waals surface area contributed by atoms with E-state index < -0.39 is 23.6 Å². The second-order valence-electron chi connectivity index (χ2n) is 20.8. The van der Waals surface area contributed by atoms with Gasteiger partial charge < -0.3 is 46.7 Å². The highest BCUT2D eigenvalue weighted by Crippen LogP contribution is 2.55. The zero-order chi connectivity index (χ0) is 47.8. The Morgan fingerprint density at radius 2 is 1.59 bits per heavy atom. The van der Waals surface area contributed by atoms with Crippen molar-refractivity contribution in [1.29, 1.82) is 0 Å². The second kappa shape index (κ2) is 22.4. The lowest BCUT2D eigenvalue weighted by atomic mass is 9.69. The van der Waals surface area contributed by atoms with Gasteiger partial charge in [-0.2, -0.15) is 0 Å². The number of hydrogen-bond acceptors (Lipinski definition) is 8. The molecule has 0 amide bonds. The number of aromatic amines is 1. The van der Waals surface area contributed by atoms with E-state index in [1.165, 1.54) is 25.3 Å². The average Bonchev–Trinajstić information content (AvgIpc) is 3.90. The first kappa shape index (κ1) is 49.1. The Morgan fingerprint density at radius 1 is 0.838 bits per heavy atom. The molecule has 0 radical (unpaired) electrons. The molecule has 2 heterocycles. The maximum atomic E-state index is 13.3. The number of unbranched alkanes of at least 4 members (excludes halogenated alkanes) is 3. The van der Waals surface area contributed by atoms with E-state index in [0.717, 1.165) is 78.6 Å². The highest BCUT2D eigenvalue weighted by atomic mass is 16.4. The maximum Gasteiger partial charge on any atom is 0.309 e. The van der Waals surface area contributed by atoms with Crippen molar-refractivity contribution in [2.24, 2.45) is 41.2 Å². The second-order valence-corrected chi connectivity index (χ2v) is 20.8. The largest absolute Gasteiger partial charge is 0.508 e. The number of phenols is 2. The van der Waals surface area contributed by atoms with Crippen LogP contribution in [0.25, 0.3) is 22.4 Å². The molecule has 10 nitrogen and oxygen atoms in total. The Bertz CT molecular complexity index is 2390. The molecule has 0 spiro atoms. The number of phenolic OH excluding ortho intramolecular Hbond substituents is 2. The normalized spacial score (nSPS) is 28.6. The van der Waals surface area contributed by atoms with Crippen molar-refractivity contribution in [2.45, 2.75) is 140 Å². The molecule has 10 heteroatoms. The van der Waals surface area contributed by atoms with Gasteiger partial charge in [-0.05, 0) is 129 Å². The summed E-state index contributed by atoms with van der Waals surface area (Å²) in [5.41, 5.74) is 12.0. The summed E-state index contributed by atoms with van der Waals surface area (Å²) in [6, 6.07) is 25.3. The number of carboxylic acid groups (broad SMARTS) is 1. The summed E-state index contributed by atoms with van der Waals surface area (Å²) >= 11 is 0. The van der Waals surface area contributed by atoms with Crippen LogP contribution in [-0.2, 0) is 11.2 Å². The molecule has 364 valence electrons. The van der Waals surface area contributed by atoms with Gasteiger partial charge in [-0.25, -0.2) is 0 Å². The van der Waals surface area contributed by atoms with Gasteiger partial charge >= 0.3 is 5.97 Å². The Kier molecular flexibility index (Phi) is 16.2. The van der Waals surface area contributed by atoms with Gasteiger partial charge in [-0.1, -0.05) is 118 Å². The van der Waals surface area contributed by atoms with Crippen molar-refractivity contribution >= 4 is 5.97 Å². The number of H-pyrrole nitrogens is 1. The summed E-state index contributed by atoms with van der Waals surface area (Å²) in [6.07, 6.45) is 19.8. The predicted octanol–water partition coefficient (Wildman–Crippen LogP) is 10.9. The topological polar surface area (TPSA) is 192 Å². The van der Waals surface area contributed by atoms with Gasteiger partial charge in [0.1, 0.15) is 11.5 Å². The number of aliphatic hydroxyl groups is 3. The number of allylic oxidation sites excluding steroid dienone is 3. The first-order chi connectivity index (χ1) is 32.9. The summed E-state index contributed by atoms with van der Waals surface area (Å²) in [6.45, 7) is 2.86. The summed E-state index contributed by atoms with van der Waals surface area (Å²) in [4.78, 5) is 17.1. The van der Waals surface area contributed by atoms with Gasteiger partial charge in [0.15, 0.2) is 0 Å². The van der Waals surface area contributed by atoms with Crippen molar-refractivity contribution in [3.63, 3.8) is 0 Å². The molecular formula is C58H75N3O7. The molecule has 1 aromatic heterocycles. The quantitative estimate of drug-likeness (QED) is 0.0366. The SMILES string of the molecule is CCCCCC1C=CC(CCCCC2CCC(c3cc(-c4ccccc4)c(-c4cc(O)cc(O)c4Cc4ccccc4)[nH]3)C3CC(CC4=CCNC(N)=C4)CC3(O)CCC(O)C2C(=O)O)C(O)C1. The Balaban J connectivity index is 1.14. The van der Waals surface area contributed by atoms with E-state index in [1.54, 1.807) is 6.07 Å². The van der Waals surface area contributed by atoms with Crippen LogP contribution in [0.2, 0.25) is 0 Å². The van der Waals surface area contributed by atoms with E-state index in [0.29, 0.717) is 61.5 Å². The Morgan fingerprint density at radius 3 is 2.32 bits per heavy atom. The number of nitrogens with two attached hydrogens (primary N) is 1. The van der Waals surface area contributed by atoms with Crippen molar-refractivity contribution < 1.29 is 35.4 Å². The molecule has 0 bridgehead atoms. The third-order valence-corrected chi connectivity index (χ3v) is 16.1. The van der Waals surface area contributed by atoms with Gasteiger partial charge in [0.25, 0.3) is 0 Å². The van der Waals surface area contributed by atoms with E-state index in [9.17, 15) is 35.4 Å². The number of fused-ring (bicyclic) bond motifs is 1. The summed E-state index contributed by atoms with van der Waals surface area (Å²) in [7, 11) is 0. The molecule has 8 rings (SSSR count). The lowest BCUT2D eigenvalue weighted by Crippen LogP contribution is -2.42. The summed E-state index contributed by atoms with van der Waals surface area (Å²) in [5.74, 6) is -1.51.